The van der Waals surface area contributed by atoms with Crippen LogP contribution in [0.15, 0.2) is 16.7 Å². The molecule has 1 rings (SSSR count). The second-order valence-electron chi connectivity index (χ2n) is 1.83. The third kappa shape index (κ3) is 1.03. The van der Waals surface area contributed by atoms with E-state index in [0.29, 0.717) is 12.0 Å². The minimum Gasteiger partial charge on any atom is -0.475 e. The maximum Gasteiger partial charge on any atom is 0.372 e. The fourth-order valence-electron chi connectivity index (χ4n) is 0.720. The summed E-state index contributed by atoms with van der Waals surface area (Å²) >= 11 is 0. The maximum absolute atomic E-state index is 10.3. The van der Waals surface area contributed by atoms with Gasteiger partial charge in [-0.15, -0.1) is 0 Å². The van der Waals surface area contributed by atoms with Crippen LogP contribution in [0.5, 0.6) is 0 Å². The molecule has 0 atom stereocenters. The van der Waals surface area contributed by atoms with Gasteiger partial charge in [-0.25, -0.2) is 4.79 Å². The third-order valence-electron chi connectivity index (χ3n) is 1.21. The lowest BCUT2D eigenvalue weighted by molar-refractivity contribution is 0.0661. The highest BCUT2D eigenvalue weighted by Crippen LogP contribution is 2.09. The Morgan fingerprint density at radius 3 is 2.90 bits per heavy atom. The summed E-state index contributed by atoms with van der Waals surface area (Å²) in [4.78, 5) is 10.3. The van der Waals surface area contributed by atoms with Crippen LogP contribution in [-0.4, -0.2) is 11.1 Å². The molecule has 3 heteroatoms. The zero-order chi connectivity index (χ0) is 7.56. The van der Waals surface area contributed by atoms with Gasteiger partial charge in [0.15, 0.2) is 0 Å². The van der Waals surface area contributed by atoms with Crippen LogP contribution >= 0.6 is 0 Å². The molecule has 0 bridgehead atoms. The van der Waals surface area contributed by atoms with Crippen LogP contribution in [0.4, 0.5) is 0 Å². The summed E-state index contributed by atoms with van der Waals surface area (Å²) in [6.45, 7) is 3.55. The molecule has 10 heavy (non-hydrogen) atoms. The second kappa shape index (κ2) is 2.56. The van der Waals surface area contributed by atoms with Gasteiger partial charge in [0.25, 0.3) is 0 Å². The first-order chi connectivity index (χ1) is 4.75. The molecule has 0 fully saturated rings. The van der Waals surface area contributed by atoms with Crippen LogP contribution in [0.2, 0.25) is 0 Å². The highest BCUT2D eigenvalue weighted by Gasteiger charge is 2.10. The molecule has 53 valence electrons. The van der Waals surface area contributed by atoms with Crippen molar-refractivity contribution in [3.63, 3.8) is 0 Å². The Morgan fingerprint density at radius 1 is 1.80 bits per heavy atom. The molecular weight excluding hydrogens is 132 g/mol. The van der Waals surface area contributed by atoms with Crippen LogP contribution in [0.3, 0.4) is 0 Å². The molecule has 0 saturated heterocycles. The van der Waals surface area contributed by atoms with Gasteiger partial charge < -0.3 is 9.52 Å². The van der Waals surface area contributed by atoms with E-state index in [1.165, 1.54) is 6.26 Å². The fraction of sp³-hybridized carbons (Fsp3) is 0.143. The molecule has 0 saturated carbocycles. The summed E-state index contributed by atoms with van der Waals surface area (Å²) in [7, 11) is 0. The summed E-state index contributed by atoms with van der Waals surface area (Å²) in [6.07, 6.45) is 1.79. The number of furan rings is 1. The van der Waals surface area contributed by atoms with Crippen molar-refractivity contribution in [2.45, 2.75) is 6.42 Å². The minimum atomic E-state index is -1.04. The zero-order valence-electron chi connectivity index (χ0n) is 5.33. The molecule has 1 heterocycles. The van der Waals surface area contributed by atoms with E-state index in [-0.39, 0.29) is 5.76 Å². The normalized spacial score (nSPS) is 9.70. The molecular formula is C7H7O3. The van der Waals surface area contributed by atoms with E-state index in [1.807, 2.05) is 0 Å². The lowest BCUT2D eigenvalue weighted by atomic mass is 10.2. The Morgan fingerprint density at radius 2 is 2.50 bits per heavy atom. The number of aromatic carboxylic acids is 1. The quantitative estimate of drug-likeness (QED) is 0.672. The molecule has 0 aliphatic carbocycles. The van der Waals surface area contributed by atoms with Gasteiger partial charge in [0, 0.05) is 5.56 Å². The van der Waals surface area contributed by atoms with Crippen LogP contribution in [0, 0.1) is 6.92 Å². The zero-order valence-corrected chi connectivity index (χ0v) is 5.33. The smallest absolute Gasteiger partial charge is 0.372 e. The number of carboxylic acid groups (broad SMARTS) is 1. The van der Waals surface area contributed by atoms with E-state index in [0.717, 1.165) is 0 Å². The summed E-state index contributed by atoms with van der Waals surface area (Å²) in [5, 5.41) is 8.46. The van der Waals surface area contributed by atoms with Crippen molar-refractivity contribution in [2.24, 2.45) is 0 Å². The van der Waals surface area contributed by atoms with Crippen molar-refractivity contribution >= 4 is 5.97 Å². The molecule has 3 nitrogen and oxygen atoms in total. The van der Waals surface area contributed by atoms with Crippen molar-refractivity contribution < 1.29 is 14.3 Å². The summed E-state index contributed by atoms with van der Waals surface area (Å²) in [5.74, 6) is -1.04. The van der Waals surface area contributed by atoms with Gasteiger partial charge in [-0.05, 0) is 19.4 Å². The van der Waals surface area contributed by atoms with Gasteiger partial charge in [0.2, 0.25) is 5.76 Å². The fourth-order valence-corrected chi connectivity index (χ4v) is 0.720. The van der Waals surface area contributed by atoms with E-state index < -0.39 is 5.97 Å². The second-order valence-corrected chi connectivity index (χ2v) is 1.83. The van der Waals surface area contributed by atoms with Crippen LogP contribution in [0.25, 0.3) is 0 Å². The van der Waals surface area contributed by atoms with E-state index >= 15 is 0 Å². The summed E-state index contributed by atoms with van der Waals surface area (Å²) in [5.41, 5.74) is 0.632. The van der Waals surface area contributed by atoms with Gasteiger partial charge in [0.05, 0.1) is 6.26 Å². The number of hydrogen-bond donors (Lipinski definition) is 1. The van der Waals surface area contributed by atoms with E-state index in [4.69, 9.17) is 5.11 Å². The Bertz CT molecular complexity index is 237. The van der Waals surface area contributed by atoms with Gasteiger partial charge >= 0.3 is 5.97 Å². The summed E-state index contributed by atoms with van der Waals surface area (Å²) < 4.78 is 4.68. The number of rotatable bonds is 2. The average molecular weight is 139 g/mol. The third-order valence-corrected chi connectivity index (χ3v) is 1.21. The maximum atomic E-state index is 10.3. The predicted molar refractivity (Wildman–Crippen MR) is 34.7 cm³/mol. The molecule has 0 aliphatic heterocycles. The van der Waals surface area contributed by atoms with E-state index in [9.17, 15) is 4.79 Å². The first-order valence-electron chi connectivity index (χ1n) is 2.84. The molecule has 0 aromatic carbocycles. The molecule has 1 radical (unpaired) electrons. The summed E-state index contributed by atoms with van der Waals surface area (Å²) in [6, 6.07) is 1.61. The average Bonchev–Trinajstić information content (AvgIpc) is 2.33. The lowest BCUT2D eigenvalue weighted by Gasteiger charge is -1.89. The van der Waals surface area contributed by atoms with Crippen LogP contribution < -0.4 is 0 Å². The van der Waals surface area contributed by atoms with E-state index in [2.05, 4.69) is 11.3 Å². The van der Waals surface area contributed by atoms with Crippen molar-refractivity contribution in [3.05, 3.63) is 30.6 Å². The largest absolute Gasteiger partial charge is 0.475 e. The van der Waals surface area contributed by atoms with Gasteiger partial charge in [-0.2, -0.15) is 0 Å². The molecule has 0 spiro atoms. The number of carbonyl (C=O) groups is 1. The molecule has 1 aromatic rings. The Labute approximate surface area is 58.3 Å². The van der Waals surface area contributed by atoms with E-state index in [1.54, 1.807) is 6.07 Å². The predicted octanol–water partition coefficient (Wildman–Crippen LogP) is 1.35. The SMILES string of the molecule is [CH2]Cc1ccoc1C(=O)O. The Balaban J connectivity index is 3.01. The van der Waals surface area contributed by atoms with Crippen molar-refractivity contribution in [1.29, 1.82) is 0 Å². The standard InChI is InChI=1S/C7H7O3/c1-2-5-3-4-10-6(5)7(8)9/h3-4H,1-2H2,(H,8,9). The van der Waals surface area contributed by atoms with Crippen molar-refractivity contribution in [2.75, 3.05) is 0 Å². The molecule has 0 amide bonds. The van der Waals surface area contributed by atoms with Crippen LogP contribution in [-0.2, 0) is 6.42 Å². The Hall–Kier alpha value is -1.25. The minimum absolute atomic E-state index is 0.00463. The topological polar surface area (TPSA) is 50.4 Å². The molecule has 1 aromatic heterocycles. The van der Waals surface area contributed by atoms with Crippen molar-refractivity contribution in [3.8, 4) is 0 Å². The van der Waals surface area contributed by atoms with Gasteiger partial charge in [-0.3, -0.25) is 0 Å². The van der Waals surface area contributed by atoms with Gasteiger partial charge in [-0.1, -0.05) is 0 Å². The number of carboxylic acids is 1. The Kier molecular flexibility index (Phi) is 1.76. The monoisotopic (exact) mass is 139 g/mol. The first kappa shape index (κ1) is 6.86. The molecule has 1 N–H and O–H groups in total. The highest BCUT2D eigenvalue weighted by molar-refractivity contribution is 5.86. The highest BCUT2D eigenvalue weighted by atomic mass is 16.4. The number of hydrogen-bond acceptors (Lipinski definition) is 2. The lowest BCUT2D eigenvalue weighted by Crippen LogP contribution is -1.97. The first-order valence-corrected chi connectivity index (χ1v) is 2.84. The van der Waals surface area contributed by atoms with Crippen LogP contribution in [0.1, 0.15) is 16.1 Å². The molecule has 0 aliphatic rings. The van der Waals surface area contributed by atoms with Crippen molar-refractivity contribution in [1.82, 2.24) is 0 Å². The van der Waals surface area contributed by atoms with Gasteiger partial charge in [0.1, 0.15) is 0 Å². The molecule has 0 unspecified atom stereocenters.